The van der Waals surface area contributed by atoms with E-state index in [-0.39, 0.29) is 16.6 Å². The molecule has 4 nitrogen and oxygen atoms in total. The summed E-state index contributed by atoms with van der Waals surface area (Å²) in [7, 11) is 0. The molecule has 112 valence electrons. The fourth-order valence-electron chi connectivity index (χ4n) is 2.60. The van der Waals surface area contributed by atoms with E-state index in [9.17, 15) is 9.59 Å². The Kier molecular flexibility index (Phi) is 5.49. The van der Waals surface area contributed by atoms with Crippen LogP contribution in [0.15, 0.2) is 23.7 Å². The van der Waals surface area contributed by atoms with E-state index in [0.29, 0.717) is 6.54 Å². The second-order valence-corrected chi connectivity index (χ2v) is 8.37. The van der Waals surface area contributed by atoms with Crippen molar-refractivity contribution in [2.75, 3.05) is 6.54 Å². The Balaban J connectivity index is 3.15. The molecule has 1 atom stereocenters. The lowest BCUT2D eigenvalue weighted by molar-refractivity contribution is -0.139. The molecule has 1 unspecified atom stereocenters. The second-order valence-electron chi connectivity index (χ2n) is 5.59. The van der Waals surface area contributed by atoms with Crippen molar-refractivity contribution in [2.45, 2.75) is 43.4 Å². The molecule has 1 N–H and O–H groups in total. The lowest BCUT2D eigenvalue weighted by Crippen LogP contribution is -2.56. The number of amides is 2. The number of nitrogens with one attached hydrogen (secondary N) is 1. The number of hydrogen-bond acceptors (Lipinski definition) is 3. The Hall–Kier alpha value is -0.750. The molecule has 1 heterocycles. The Bertz CT molecular complexity index is 446. The number of halogens is 1. The van der Waals surface area contributed by atoms with Crippen LogP contribution < -0.4 is 5.32 Å². The monoisotopic (exact) mass is 360 g/mol. The van der Waals surface area contributed by atoms with Crippen LogP contribution in [0.3, 0.4) is 0 Å². The molecular formula is C14H21BrN2O2S. The first-order valence-electron chi connectivity index (χ1n) is 6.36. The zero-order valence-corrected chi connectivity index (χ0v) is 14.7. The van der Waals surface area contributed by atoms with E-state index in [2.05, 4.69) is 27.8 Å². The summed E-state index contributed by atoms with van der Waals surface area (Å²) in [4.78, 5) is 27.5. The fraction of sp³-hybridized carbons (Fsp3) is 0.571. The van der Waals surface area contributed by atoms with Crippen LogP contribution in [0.5, 0.6) is 0 Å². The van der Waals surface area contributed by atoms with Crippen molar-refractivity contribution >= 4 is 39.5 Å². The number of carbonyl (C=O) groups excluding carboxylic acids is 2. The van der Waals surface area contributed by atoms with Crippen molar-refractivity contribution < 1.29 is 9.59 Å². The third-order valence-corrected chi connectivity index (χ3v) is 4.83. The van der Waals surface area contributed by atoms with Crippen molar-refractivity contribution in [2.24, 2.45) is 0 Å². The predicted molar refractivity (Wildman–Crippen MR) is 87.7 cm³/mol. The van der Waals surface area contributed by atoms with Gasteiger partial charge in [-0.3, -0.25) is 9.59 Å². The van der Waals surface area contributed by atoms with Crippen LogP contribution in [0.4, 0.5) is 0 Å². The maximum absolute atomic E-state index is 12.4. The van der Waals surface area contributed by atoms with Gasteiger partial charge in [0.15, 0.2) is 0 Å². The van der Waals surface area contributed by atoms with E-state index in [4.69, 9.17) is 0 Å². The van der Waals surface area contributed by atoms with Gasteiger partial charge in [0.2, 0.25) is 11.8 Å². The highest BCUT2D eigenvalue weighted by Crippen LogP contribution is 2.51. The van der Waals surface area contributed by atoms with Gasteiger partial charge in [-0.05, 0) is 32.7 Å². The molecule has 0 saturated carbocycles. The first-order valence-corrected chi connectivity index (χ1v) is 8.09. The van der Waals surface area contributed by atoms with Gasteiger partial charge in [0.05, 0.1) is 4.87 Å². The molecule has 6 heteroatoms. The van der Waals surface area contributed by atoms with Crippen LogP contribution in [0.1, 0.15) is 27.7 Å². The van der Waals surface area contributed by atoms with Gasteiger partial charge < -0.3 is 10.2 Å². The molecule has 0 aromatic heterocycles. The van der Waals surface area contributed by atoms with Crippen LogP contribution in [-0.4, -0.2) is 38.9 Å². The molecule has 1 fully saturated rings. The molecule has 0 aromatic rings. The quantitative estimate of drug-likeness (QED) is 0.619. The van der Waals surface area contributed by atoms with Gasteiger partial charge in [-0.15, -0.1) is 18.3 Å². The lowest BCUT2D eigenvalue weighted by Gasteiger charge is -2.34. The molecule has 0 spiro atoms. The number of nitrogens with zero attached hydrogens (tertiary/aromatic N) is 1. The zero-order valence-electron chi connectivity index (χ0n) is 12.3. The number of hydrogen-bond donors (Lipinski definition) is 1. The Labute approximate surface area is 133 Å². The highest BCUT2D eigenvalue weighted by atomic mass is 79.9. The molecule has 20 heavy (non-hydrogen) atoms. The summed E-state index contributed by atoms with van der Waals surface area (Å²) in [6.45, 7) is 11.9. The summed E-state index contributed by atoms with van der Waals surface area (Å²) in [6.07, 6.45) is 3.06. The van der Waals surface area contributed by atoms with Gasteiger partial charge in [0.25, 0.3) is 0 Å². The SMILES string of the molecule is C=CCNC(=O)C1N(C(=O)/C=C/Br)C(C)(C)SC1(C)C. The molecule has 1 aliphatic heterocycles. The van der Waals surface area contributed by atoms with E-state index in [1.54, 1.807) is 22.7 Å². The zero-order chi connectivity index (χ0) is 15.6. The number of rotatable bonds is 4. The fourth-order valence-corrected chi connectivity index (χ4v) is 4.73. The van der Waals surface area contributed by atoms with Gasteiger partial charge >= 0.3 is 0 Å². The average Bonchev–Trinajstić information content (AvgIpc) is 2.50. The topological polar surface area (TPSA) is 49.4 Å². The molecule has 1 rings (SSSR count). The minimum absolute atomic E-state index is 0.149. The standard InChI is InChI=1S/C14H21BrN2O2S/c1-6-9-16-12(19)11-13(2,3)20-14(4,5)17(11)10(18)7-8-15/h6-8,11H,1,9H2,2-5H3,(H,16,19)/b8-7+. The Morgan fingerprint density at radius 2 is 2.00 bits per heavy atom. The third-order valence-electron chi connectivity index (χ3n) is 3.12. The molecule has 0 aliphatic carbocycles. The van der Waals surface area contributed by atoms with Gasteiger partial charge in [0.1, 0.15) is 6.04 Å². The largest absolute Gasteiger partial charge is 0.351 e. The first kappa shape index (κ1) is 17.3. The Morgan fingerprint density at radius 1 is 1.40 bits per heavy atom. The van der Waals surface area contributed by atoms with Gasteiger partial charge in [-0.25, -0.2) is 0 Å². The molecule has 1 saturated heterocycles. The molecule has 1 aliphatic rings. The third kappa shape index (κ3) is 3.47. The molecule has 0 aromatic carbocycles. The second kappa shape index (κ2) is 6.35. The molecule has 0 radical (unpaired) electrons. The maximum Gasteiger partial charge on any atom is 0.248 e. The summed E-state index contributed by atoms with van der Waals surface area (Å²) >= 11 is 4.74. The van der Waals surface area contributed by atoms with E-state index in [1.165, 1.54) is 11.1 Å². The minimum Gasteiger partial charge on any atom is -0.351 e. The Morgan fingerprint density at radius 3 is 2.50 bits per heavy atom. The summed E-state index contributed by atoms with van der Waals surface area (Å²) in [6, 6.07) is -0.515. The van der Waals surface area contributed by atoms with Crippen molar-refractivity contribution in [3.63, 3.8) is 0 Å². The van der Waals surface area contributed by atoms with Crippen molar-refractivity contribution in [1.29, 1.82) is 0 Å². The summed E-state index contributed by atoms with van der Waals surface area (Å²) < 4.78 is -0.357. The minimum atomic E-state index is -0.515. The normalized spacial score (nSPS) is 23.9. The number of carbonyl (C=O) groups is 2. The predicted octanol–water partition coefficient (Wildman–Crippen LogP) is 2.66. The van der Waals surface area contributed by atoms with Crippen LogP contribution in [-0.2, 0) is 9.59 Å². The van der Waals surface area contributed by atoms with Gasteiger partial charge in [-0.2, -0.15) is 0 Å². The van der Waals surface area contributed by atoms with Crippen molar-refractivity contribution in [3.05, 3.63) is 23.7 Å². The van der Waals surface area contributed by atoms with Crippen LogP contribution in [0.25, 0.3) is 0 Å². The smallest absolute Gasteiger partial charge is 0.248 e. The first-order chi connectivity index (χ1) is 9.17. The molecule has 0 bridgehead atoms. The maximum atomic E-state index is 12.4. The molecule has 2 amide bonds. The highest BCUT2D eigenvalue weighted by Gasteiger charge is 2.56. The summed E-state index contributed by atoms with van der Waals surface area (Å²) in [5.41, 5.74) is 0. The van der Waals surface area contributed by atoms with Crippen LogP contribution >= 0.6 is 27.7 Å². The van der Waals surface area contributed by atoms with Crippen LogP contribution in [0.2, 0.25) is 0 Å². The van der Waals surface area contributed by atoms with Crippen molar-refractivity contribution in [3.8, 4) is 0 Å². The van der Waals surface area contributed by atoms with Crippen molar-refractivity contribution in [1.82, 2.24) is 10.2 Å². The van der Waals surface area contributed by atoms with E-state index < -0.39 is 10.9 Å². The van der Waals surface area contributed by atoms with Gasteiger partial charge in [-0.1, -0.05) is 22.0 Å². The number of thioether (sulfide) groups is 1. The van der Waals surface area contributed by atoms with E-state index in [1.807, 2.05) is 27.7 Å². The van der Waals surface area contributed by atoms with Crippen LogP contribution in [0, 0.1) is 0 Å². The van der Waals surface area contributed by atoms with E-state index >= 15 is 0 Å². The summed E-state index contributed by atoms with van der Waals surface area (Å²) in [5, 5.41) is 2.79. The highest BCUT2D eigenvalue weighted by molar-refractivity contribution is 9.11. The average molecular weight is 361 g/mol. The van der Waals surface area contributed by atoms with Gasteiger partial charge in [0, 0.05) is 17.4 Å². The van der Waals surface area contributed by atoms with E-state index in [0.717, 1.165) is 0 Å². The molecular weight excluding hydrogens is 340 g/mol. The summed E-state index contributed by atoms with van der Waals surface area (Å²) in [5.74, 6) is -0.326. The lowest BCUT2D eigenvalue weighted by atomic mass is 9.99.